The number of aromatic nitrogens is 2. The summed E-state index contributed by atoms with van der Waals surface area (Å²) in [7, 11) is -1.64. The topological polar surface area (TPSA) is 115 Å². The van der Waals surface area contributed by atoms with Gasteiger partial charge in [-0.15, -0.1) is 24.0 Å². The zero-order valence-electron chi connectivity index (χ0n) is 13.9. The number of aliphatic imine (C=N–C) groups is 1. The lowest BCUT2D eigenvalue weighted by molar-refractivity contribution is -0.00802. The van der Waals surface area contributed by atoms with Crippen LogP contribution in [-0.2, 0) is 21.8 Å². The van der Waals surface area contributed by atoms with Gasteiger partial charge in [-0.3, -0.25) is 9.67 Å². The summed E-state index contributed by atoms with van der Waals surface area (Å²) in [6.45, 7) is 4.69. The molecule has 0 radical (unpaired) electrons. The van der Waals surface area contributed by atoms with E-state index < -0.39 is 10.0 Å². The third-order valence-electron chi connectivity index (χ3n) is 3.43. The first-order chi connectivity index (χ1) is 10.9. The Bertz CT molecular complexity index is 648. The lowest BCUT2D eigenvalue weighted by Crippen LogP contribution is -2.48. The quantitative estimate of drug-likeness (QED) is 0.345. The van der Waals surface area contributed by atoms with Crippen LogP contribution < -0.4 is 10.5 Å². The maximum atomic E-state index is 11.0. The van der Waals surface area contributed by atoms with E-state index in [9.17, 15) is 8.42 Å². The second-order valence-corrected chi connectivity index (χ2v) is 7.09. The van der Waals surface area contributed by atoms with Crippen LogP contribution in [0.5, 0.6) is 0 Å². The van der Waals surface area contributed by atoms with Gasteiger partial charge in [0.2, 0.25) is 10.0 Å². The van der Waals surface area contributed by atoms with Crippen LogP contribution in [0.1, 0.15) is 18.6 Å². The molecule has 1 atom stereocenters. The smallest absolute Gasteiger partial charge is 0.210 e. The van der Waals surface area contributed by atoms with Gasteiger partial charge in [0.05, 0.1) is 31.6 Å². The molecule has 1 aliphatic rings. The number of aryl methyl sites for hydroxylation is 1. The van der Waals surface area contributed by atoms with E-state index in [-0.39, 0.29) is 42.4 Å². The predicted octanol–water partition coefficient (Wildman–Crippen LogP) is -0.335. The van der Waals surface area contributed by atoms with Crippen LogP contribution in [0.4, 0.5) is 0 Å². The van der Waals surface area contributed by atoms with Crippen molar-refractivity contribution in [3.05, 3.63) is 18.0 Å². The molecular weight excluding hydrogens is 447 g/mol. The highest BCUT2D eigenvalue weighted by atomic mass is 127. The highest BCUT2D eigenvalue weighted by molar-refractivity contribution is 14.0. The number of nitrogens with two attached hydrogens (primary N) is 1. The summed E-state index contributed by atoms with van der Waals surface area (Å²) in [5, 5.41) is 12.4. The van der Waals surface area contributed by atoms with Crippen molar-refractivity contribution in [3.63, 3.8) is 0 Å². The van der Waals surface area contributed by atoms with Crippen molar-refractivity contribution in [3.8, 4) is 0 Å². The van der Waals surface area contributed by atoms with Gasteiger partial charge in [-0.2, -0.15) is 5.10 Å². The Hall–Kier alpha value is -0.920. The molecule has 0 saturated carbocycles. The van der Waals surface area contributed by atoms with Gasteiger partial charge in [-0.25, -0.2) is 13.6 Å². The molecule has 0 bridgehead atoms. The molecule has 0 amide bonds. The number of guanidine groups is 1. The number of nitrogens with zero attached hydrogens (tertiary/aromatic N) is 4. The van der Waals surface area contributed by atoms with Gasteiger partial charge >= 0.3 is 0 Å². The summed E-state index contributed by atoms with van der Waals surface area (Å²) < 4.78 is 29.6. The van der Waals surface area contributed by atoms with Crippen LogP contribution in [0.15, 0.2) is 17.4 Å². The molecule has 9 nitrogen and oxygen atoms in total. The Morgan fingerprint density at radius 1 is 1.58 bits per heavy atom. The second kappa shape index (κ2) is 9.53. The minimum absolute atomic E-state index is 0. The molecule has 1 fully saturated rings. The van der Waals surface area contributed by atoms with E-state index in [4.69, 9.17) is 9.88 Å². The Labute approximate surface area is 159 Å². The van der Waals surface area contributed by atoms with Gasteiger partial charge < -0.3 is 15.0 Å². The lowest BCUT2D eigenvalue weighted by atomic mass is 10.1. The Balaban J connectivity index is 0.00000288. The summed E-state index contributed by atoms with van der Waals surface area (Å²) in [6.07, 6.45) is 3.64. The standard InChI is InChI=1S/C13H24N6O3S.HI/c1-3-15-13(16-4-7-23(14,20)21)19-5-6-22-12(10-19)11-8-17-18(2)9-11;/h8-9,12H,3-7,10H2,1-2H3,(H,15,16)(H2,14,20,21);1H. The highest BCUT2D eigenvalue weighted by Crippen LogP contribution is 2.21. The molecule has 3 N–H and O–H groups in total. The predicted molar refractivity (Wildman–Crippen MR) is 103 cm³/mol. The van der Waals surface area contributed by atoms with Crippen molar-refractivity contribution in [2.24, 2.45) is 17.2 Å². The zero-order valence-corrected chi connectivity index (χ0v) is 17.0. The average Bonchev–Trinajstić information content (AvgIpc) is 2.92. The zero-order chi connectivity index (χ0) is 16.9. The molecule has 0 aromatic carbocycles. The number of primary sulfonamides is 1. The fraction of sp³-hybridized carbons (Fsp3) is 0.692. The molecule has 0 aliphatic carbocycles. The van der Waals surface area contributed by atoms with E-state index in [1.807, 2.05) is 20.2 Å². The minimum atomic E-state index is -3.51. The van der Waals surface area contributed by atoms with Crippen molar-refractivity contribution in [2.45, 2.75) is 13.0 Å². The first kappa shape index (κ1) is 21.1. The van der Waals surface area contributed by atoms with Crippen molar-refractivity contribution in [2.75, 3.05) is 38.5 Å². The number of hydrogen-bond acceptors (Lipinski definition) is 5. The van der Waals surface area contributed by atoms with Crippen molar-refractivity contribution in [1.29, 1.82) is 0 Å². The molecule has 1 saturated heterocycles. The maximum absolute atomic E-state index is 11.0. The summed E-state index contributed by atoms with van der Waals surface area (Å²) >= 11 is 0. The van der Waals surface area contributed by atoms with E-state index in [0.29, 0.717) is 32.2 Å². The minimum Gasteiger partial charge on any atom is -0.370 e. The number of hydrogen-bond donors (Lipinski definition) is 2. The van der Waals surface area contributed by atoms with Crippen LogP contribution in [0, 0.1) is 0 Å². The number of morpholine rings is 1. The summed E-state index contributed by atoms with van der Waals surface area (Å²) in [5.74, 6) is 0.506. The lowest BCUT2D eigenvalue weighted by Gasteiger charge is -2.34. The average molecular weight is 472 g/mol. The molecule has 11 heteroatoms. The number of sulfonamides is 1. The van der Waals surface area contributed by atoms with E-state index in [2.05, 4.69) is 20.3 Å². The van der Waals surface area contributed by atoms with E-state index in [0.717, 1.165) is 5.56 Å². The largest absolute Gasteiger partial charge is 0.370 e. The Kier molecular flexibility index (Phi) is 8.39. The van der Waals surface area contributed by atoms with Crippen LogP contribution in [0.3, 0.4) is 0 Å². The van der Waals surface area contributed by atoms with Crippen molar-refractivity contribution < 1.29 is 13.2 Å². The van der Waals surface area contributed by atoms with Crippen LogP contribution >= 0.6 is 24.0 Å². The maximum Gasteiger partial charge on any atom is 0.210 e. The monoisotopic (exact) mass is 472 g/mol. The van der Waals surface area contributed by atoms with Gasteiger partial charge in [0.15, 0.2) is 5.96 Å². The number of nitrogens with one attached hydrogen (secondary N) is 1. The third kappa shape index (κ3) is 6.53. The van der Waals surface area contributed by atoms with Gasteiger partial charge in [0.1, 0.15) is 6.10 Å². The molecule has 138 valence electrons. The van der Waals surface area contributed by atoms with Gasteiger partial charge in [0, 0.05) is 31.9 Å². The van der Waals surface area contributed by atoms with Gasteiger partial charge in [-0.05, 0) is 6.92 Å². The molecule has 24 heavy (non-hydrogen) atoms. The van der Waals surface area contributed by atoms with Crippen LogP contribution in [0.2, 0.25) is 0 Å². The molecule has 1 aliphatic heterocycles. The normalized spacial score (nSPS) is 19.0. The fourth-order valence-electron chi connectivity index (χ4n) is 2.35. The van der Waals surface area contributed by atoms with Crippen molar-refractivity contribution >= 4 is 40.0 Å². The van der Waals surface area contributed by atoms with Gasteiger partial charge in [-0.1, -0.05) is 0 Å². The Morgan fingerprint density at radius 2 is 2.33 bits per heavy atom. The molecular formula is C13H25IN6O3S. The van der Waals surface area contributed by atoms with E-state index in [1.54, 1.807) is 10.9 Å². The number of ether oxygens (including phenoxy) is 1. The molecule has 1 aromatic rings. The molecule has 1 aromatic heterocycles. The summed E-state index contributed by atoms with van der Waals surface area (Å²) in [5.41, 5.74) is 1.01. The first-order valence-electron chi connectivity index (χ1n) is 7.53. The highest BCUT2D eigenvalue weighted by Gasteiger charge is 2.25. The molecule has 2 rings (SSSR count). The second-order valence-electron chi connectivity index (χ2n) is 5.36. The Morgan fingerprint density at radius 3 is 2.92 bits per heavy atom. The van der Waals surface area contributed by atoms with Crippen LogP contribution in [-0.4, -0.2) is 67.6 Å². The SMILES string of the molecule is CCNC(=NCCS(N)(=O)=O)N1CCOC(c2cnn(C)c2)C1.I. The van der Waals surface area contributed by atoms with E-state index >= 15 is 0 Å². The number of halogens is 1. The van der Waals surface area contributed by atoms with E-state index in [1.165, 1.54) is 0 Å². The third-order valence-corrected chi connectivity index (χ3v) is 4.19. The summed E-state index contributed by atoms with van der Waals surface area (Å²) in [4.78, 5) is 6.42. The molecule has 2 heterocycles. The van der Waals surface area contributed by atoms with Crippen LogP contribution in [0.25, 0.3) is 0 Å². The number of rotatable bonds is 5. The molecule has 0 spiro atoms. The summed E-state index contributed by atoms with van der Waals surface area (Å²) in [6, 6.07) is 0. The van der Waals surface area contributed by atoms with Gasteiger partial charge in [0.25, 0.3) is 0 Å². The fourth-order valence-corrected chi connectivity index (χ4v) is 2.70. The molecule has 1 unspecified atom stereocenters. The first-order valence-corrected chi connectivity index (χ1v) is 9.24. The van der Waals surface area contributed by atoms with Crippen molar-refractivity contribution in [1.82, 2.24) is 20.0 Å².